The lowest BCUT2D eigenvalue weighted by Gasteiger charge is -2.26. The number of rotatable bonds is 5. The Kier molecular flexibility index (Phi) is 4.34. The molecule has 0 aliphatic rings. The highest BCUT2D eigenvalue weighted by Crippen LogP contribution is 2.19. The summed E-state index contributed by atoms with van der Waals surface area (Å²) in [6, 6.07) is 0. The van der Waals surface area contributed by atoms with Gasteiger partial charge in [-0.05, 0) is 33.0 Å². The molecule has 0 rings (SSSR count). The summed E-state index contributed by atoms with van der Waals surface area (Å²) >= 11 is 0. The fourth-order valence-corrected chi connectivity index (χ4v) is 1.45. The van der Waals surface area contributed by atoms with E-state index in [-0.39, 0.29) is 5.54 Å². The summed E-state index contributed by atoms with van der Waals surface area (Å²) in [4.78, 5) is 4.14. The van der Waals surface area contributed by atoms with E-state index in [9.17, 15) is 0 Å². The number of aliphatic imine (C=N–C) groups is 1. The molecule has 0 bridgehead atoms. The molecule has 1 atom stereocenters. The van der Waals surface area contributed by atoms with E-state index in [1.807, 2.05) is 7.05 Å². The molecule has 2 nitrogen and oxygen atoms in total. The third kappa shape index (κ3) is 4.14. The van der Waals surface area contributed by atoms with Crippen LogP contribution in [0.5, 0.6) is 0 Å². The highest BCUT2D eigenvalue weighted by atomic mass is 14.9. The largest absolute Gasteiger partial charge is 0.317 e. The van der Waals surface area contributed by atoms with Gasteiger partial charge in [0.1, 0.15) is 0 Å². The Morgan fingerprint density at radius 1 is 1.55 bits per heavy atom. The molecule has 0 aliphatic carbocycles. The monoisotopic (exact) mass is 156 g/mol. The summed E-state index contributed by atoms with van der Waals surface area (Å²) in [6.07, 6.45) is 1.09. The average molecular weight is 156 g/mol. The van der Waals surface area contributed by atoms with Crippen molar-refractivity contribution in [2.75, 3.05) is 13.6 Å². The Hall–Kier alpha value is -0.370. The molecule has 0 aromatic heterocycles. The van der Waals surface area contributed by atoms with Crippen molar-refractivity contribution in [1.29, 1.82) is 0 Å². The fraction of sp³-hybridized carbons (Fsp3) is 0.889. The van der Waals surface area contributed by atoms with Crippen LogP contribution >= 0.6 is 0 Å². The first kappa shape index (κ1) is 10.6. The van der Waals surface area contributed by atoms with Crippen LogP contribution in [0.15, 0.2) is 4.99 Å². The Labute approximate surface area is 70.1 Å². The van der Waals surface area contributed by atoms with E-state index >= 15 is 0 Å². The molecule has 0 spiro atoms. The molecule has 1 unspecified atom stereocenters. The van der Waals surface area contributed by atoms with Gasteiger partial charge in [-0.3, -0.25) is 4.99 Å². The van der Waals surface area contributed by atoms with Crippen LogP contribution in [-0.4, -0.2) is 25.8 Å². The van der Waals surface area contributed by atoms with E-state index in [4.69, 9.17) is 0 Å². The third-order valence-corrected chi connectivity index (χ3v) is 1.79. The zero-order chi connectivity index (χ0) is 8.91. The summed E-state index contributed by atoms with van der Waals surface area (Å²) < 4.78 is 0. The molecule has 0 saturated carbocycles. The molecule has 1 N–H and O–H groups in total. The van der Waals surface area contributed by atoms with Crippen molar-refractivity contribution in [3.8, 4) is 0 Å². The molecule has 0 heterocycles. The average Bonchev–Trinajstić information content (AvgIpc) is 1.87. The van der Waals surface area contributed by atoms with Crippen molar-refractivity contribution < 1.29 is 0 Å². The van der Waals surface area contributed by atoms with E-state index in [2.05, 4.69) is 37.8 Å². The zero-order valence-electron chi connectivity index (χ0n) is 8.15. The van der Waals surface area contributed by atoms with Gasteiger partial charge in [0.2, 0.25) is 0 Å². The van der Waals surface area contributed by atoms with Crippen LogP contribution < -0.4 is 5.32 Å². The maximum atomic E-state index is 4.14. The minimum Gasteiger partial charge on any atom is -0.317 e. The van der Waals surface area contributed by atoms with Crippen molar-refractivity contribution in [3.63, 3.8) is 0 Å². The standard InChI is InChI=1S/C9H20N2/c1-8(2)6-9(3,11-5)7-10-4/h8,10H,5-7H2,1-4H3. The molecule has 0 aromatic rings. The van der Waals surface area contributed by atoms with Gasteiger partial charge < -0.3 is 5.32 Å². The second-order valence-electron chi connectivity index (χ2n) is 3.78. The lowest BCUT2D eigenvalue weighted by molar-refractivity contribution is 0.364. The zero-order valence-corrected chi connectivity index (χ0v) is 8.15. The summed E-state index contributed by atoms with van der Waals surface area (Å²) in [5.41, 5.74) is 0.0168. The molecule has 0 amide bonds. The first-order chi connectivity index (χ1) is 5.04. The summed E-state index contributed by atoms with van der Waals surface area (Å²) in [6.45, 7) is 11.1. The van der Waals surface area contributed by atoms with Gasteiger partial charge >= 0.3 is 0 Å². The van der Waals surface area contributed by atoms with Gasteiger partial charge in [-0.25, -0.2) is 0 Å². The summed E-state index contributed by atoms with van der Waals surface area (Å²) in [5.74, 6) is 0.679. The Morgan fingerprint density at radius 2 is 2.09 bits per heavy atom. The molecule has 0 saturated heterocycles. The molecule has 0 fully saturated rings. The van der Waals surface area contributed by atoms with E-state index < -0.39 is 0 Å². The molecule has 0 radical (unpaired) electrons. The molecule has 66 valence electrons. The third-order valence-electron chi connectivity index (χ3n) is 1.79. The number of nitrogens with one attached hydrogen (secondary N) is 1. The first-order valence-electron chi connectivity index (χ1n) is 4.16. The van der Waals surface area contributed by atoms with Gasteiger partial charge in [0.05, 0.1) is 5.54 Å². The predicted molar refractivity (Wildman–Crippen MR) is 51.3 cm³/mol. The van der Waals surface area contributed by atoms with Crippen molar-refractivity contribution >= 4 is 6.72 Å². The Balaban J connectivity index is 3.98. The van der Waals surface area contributed by atoms with Gasteiger partial charge in [0, 0.05) is 6.54 Å². The van der Waals surface area contributed by atoms with E-state index in [0.717, 1.165) is 13.0 Å². The SMILES string of the molecule is C=NC(C)(CNC)CC(C)C. The fourth-order valence-electron chi connectivity index (χ4n) is 1.45. The lowest BCUT2D eigenvalue weighted by atomic mass is 9.91. The maximum absolute atomic E-state index is 4.14. The number of hydrogen-bond acceptors (Lipinski definition) is 2. The lowest BCUT2D eigenvalue weighted by Crippen LogP contribution is -2.35. The van der Waals surface area contributed by atoms with Gasteiger partial charge in [0.25, 0.3) is 0 Å². The normalized spacial score (nSPS) is 16.5. The van der Waals surface area contributed by atoms with E-state index in [1.54, 1.807) is 0 Å². The molecular weight excluding hydrogens is 136 g/mol. The number of hydrogen-bond donors (Lipinski definition) is 1. The highest BCUT2D eigenvalue weighted by molar-refractivity contribution is 5.26. The minimum absolute atomic E-state index is 0.0168. The van der Waals surface area contributed by atoms with Crippen LogP contribution in [0.4, 0.5) is 0 Å². The second kappa shape index (κ2) is 4.50. The van der Waals surface area contributed by atoms with Crippen LogP contribution in [0, 0.1) is 5.92 Å². The Morgan fingerprint density at radius 3 is 2.36 bits per heavy atom. The van der Waals surface area contributed by atoms with Crippen molar-refractivity contribution in [2.45, 2.75) is 32.7 Å². The predicted octanol–water partition coefficient (Wildman–Crippen LogP) is 1.71. The van der Waals surface area contributed by atoms with E-state index in [1.165, 1.54) is 0 Å². The van der Waals surface area contributed by atoms with Crippen molar-refractivity contribution in [3.05, 3.63) is 0 Å². The van der Waals surface area contributed by atoms with Gasteiger partial charge in [-0.2, -0.15) is 0 Å². The van der Waals surface area contributed by atoms with Gasteiger partial charge in [-0.15, -0.1) is 0 Å². The minimum atomic E-state index is 0.0168. The molecule has 0 aliphatic heterocycles. The molecule has 0 aromatic carbocycles. The first-order valence-corrected chi connectivity index (χ1v) is 4.16. The van der Waals surface area contributed by atoms with Crippen LogP contribution in [0.25, 0.3) is 0 Å². The van der Waals surface area contributed by atoms with Gasteiger partial charge in [-0.1, -0.05) is 13.8 Å². The second-order valence-corrected chi connectivity index (χ2v) is 3.78. The molecular formula is C9H20N2. The number of likely N-dealkylation sites (N-methyl/N-ethyl adjacent to an activating group) is 1. The Bertz CT molecular complexity index is 121. The van der Waals surface area contributed by atoms with Crippen LogP contribution in [0.2, 0.25) is 0 Å². The highest BCUT2D eigenvalue weighted by Gasteiger charge is 2.21. The summed E-state index contributed by atoms with van der Waals surface area (Å²) in [7, 11) is 1.95. The van der Waals surface area contributed by atoms with Crippen molar-refractivity contribution in [1.82, 2.24) is 5.32 Å². The van der Waals surface area contributed by atoms with Gasteiger partial charge in [0.15, 0.2) is 0 Å². The van der Waals surface area contributed by atoms with Crippen molar-refractivity contribution in [2.24, 2.45) is 10.9 Å². The summed E-state index contributed by atoms with van der Waals surface area (Å²) in [5, 5.41) is 3.13. The quantitative estimate of drug-likeness (QED) is 0.602. The van der Waals surface area contributed by atoms with Crippen LogP contribution in [-0.2, 0) is 0 Å². The van der Waals surface area contributed by atoms with Crippen LogP contribution in [0.1, 0.15) is 27.2 Å². The van der Waals surface area contributed by atoms with E-state index in [0.29, 0.717) is 5.92 Å². The van der Waals surface area contributed by atoms with Crippen LogP contribution in [0.3, 0.4) is 0 Å². The topological polar surface area (TPSA) is 24.4 Å². The smallest absolute Gasteiger partial charge is 0.0699 e. The molecule has 2 heteroatoms. The number of nitrogens with zero attached hydrogens (tertiary/aromatic N) is 1. The molecule has 11 heavy (non-hydrogen) atoms. The maximum Gasteiger partial charge on any atom is 0.0699 e.